The monoisotopic (exact) mass is 273 g/mol. The third kappa shape index (κ3) is 3.94. The van der Waals surface area contributed by atoms with Crippen LogP contribution < -0.4 is 5.32 Å². The molecule has 1 heterocycles. The Labute approximate surface area is 110 Å². The van der Waals surface area contributed by atoms with Crippen LogP contribution in [0.1, 0.15) is 24.0 Å². The Kier molecular flexibility index (Phi) is 4.47. The first-order valence-corrected chi connectivity index (χ1v) is 6.52. The average molecular weight is 273 g/mol. The molecule has 2 atom stereocenters. The molecule has 1 fully saturated rings. The van der Waals surface area contributed by atoms with Gasteiger partial charge in [0.15, 0.2) is 0 Å². The van der Waals surface area contributed by atoms with E-state index in [4.69, 9.17) is 0 Å². The minimum Gasteiger partial charge on any atom is -0.392 e. The highest BCUT2D eigenvalue weighted by atomic mass is 19.4. The molecule has 0 bridgehead atoms. The zero-order chi connectivity index (χ0) is 13.9. The van der Waals surface area contributed by atoms with Crippen LogP contribution in [-0.2, 0) is 12.6 Å². The fraction of sp³-hybridized carbons (Fsp3) is 0.571. The SMILES string of the molecule is OC(Cc1ccc(C(F)(F)F)cc1)C1CCCNC1. The summed E-state index contributed by atoms with van der Waals surface area (Å²) in [6.07, 6.45) is -2.39. The summed E-state index contributed by atoms with van der Waals surface area (Å²) in [7, 11) is 0. The van der Waals surface area contributed by atoms with Crippen LogP contribution in [0, 0.1) is 5.92 Å². The second kappa shape index (κ2) is 5.92. The molecule has 2 nitrogen and oxygen atoms in total. The molecule has 106 valence electrons. The van der Waals surface area contributed by atoms with Crippen molar-refractivity contribution in [2.24, 2.45) is 5.92 Å². The van der Waals surface area contributed by atoms with Crippen molar-refractivity contribution in [2.45, 2.75) is 31.5 Å². The number of hydrogen-bond acceptors (Lipinski definition) is 2. The summed E-state index contributed by atoms with van der Waals surface area (Å²) >= 11 is 0. The molecule has 1 saturated heterocycles. The summed E-state index contributed by atoms with van der Waals surface area (Å²) < 4.78 is 37.2. The molecule has 0 amide bonds. The maximum absolute atomic E-state index is 12.4. The summed E-state index contributed by atoms with van der Waals surface area (Å²) in [6.45, 7) is 1.76. The second-order valence-electron chi connectivity index (χ2n) is 5.07. The van der Waals surface area contributed by atoms with Crippen molar-refractivity contribution >= 4 is 0 Å². The molecule has 2 unspecified atom stereocenters. The summed E-state index contributed by atoms with van der Waals surface area (Å²) in [5.74, 6) is 0.191. The van der Waals surface area contributed by atoms with E-state index >= 15 is 0 Å². The zero-order valence-electron chi connectivity index (χ0n) is 10.6. The first-order chi connectivity index (χ1) is 8.97. The predicted octanol–water partition coefficient (Wildman–Crippen LogP) is 2.61. The van der Waals surface area contributed by atoms with E-state index in [-0.39, 0.29) is 5.92 Å². The molecule has 0 saturated carbocycles. The quantitative estimate of drug-likeness (QED) is 0.887. The van der Waals surface area contributed by atoms with Gasteiger partial charge in [-0.2, -0.15) is 13.2 Å². The van der Waals surface area contributed by atoms with Gasteiger partial charge < -0.3 is 10.4 Å². The number of aliphatic hydroxyl groups is 1. The maximum atomic E-state index is 12.4. The van der Waals surface area contributed by atoms with Crippen LogP contribution in [0.25, 0.3) is 0 Å². The molecule has 19 heavy (non-hydrogen) atoms. The molecule has 1 aliphatic rings. The average Bonchev–Trinajstić information content (AvgIpc) is 2.39. The summed E-state index contributed by atoms with van der Waals surface area (Å²) in [5.41, 5.74) is 0.0937. The Hall–Kier alpha value is -1.07. The zero-order valence-corrected chi connectivity index (χ0v) is 10.6. The summed E-state index contributed by atoms with van der Waals surface area (Å²) in [6, 6.07) is 5.03. The number of nitrogens with one attached hydrogen (secondary N) is 1. The van der Waals surface area contributed by atoms with Crippen molar-refractivity contribution < 1.29 is 18.3 Å². The van der Waals surface area contributed by atoms with Crippen LogP contribution in [0.4, 0.5) is 13.2 Å². The number of piperidine rings is 1. The topological polar surface area (TPSA) is 32.3 Å². The number of aliphatic hydroxyl groups excluding tert-OH is 1. The molecule has 2 rings (SSSR count). The molecule has 1 aromatic carbocycles. The lowest BCUT2D eigenvalue weighted by Crippen LogP contribution is -2.37. The van der Waals surface area contributed by atoms with E-state index in [9.17, 15) is 18.3 Å². The number of alkyl halides is 3. The molecular weight excluding hydrogens is 255 g/mol. The highest BCUT2D eigenvalue weighted by molar-refractivity contribution is 5.25. The lowest BCUT2D eigenvalue weighted by Gasteiger charge is -2.27. The van der Waals surface area contributed by atoms with Crippen LogP contribution in [0.5, 0.6) is 0 Å². The van der Waals surface area contributed by atoms with Gasteiger partial charge in [0.25, 0.3) is 0 Å². The molecule has 1 aromatic rings. The van der Waals surface area contributed by atoms with Gasteiger partial charge in [0.05, 0.1) is 11.7 Å². The lowest BCUT2D eigenvalue weighted by atomic mass is 9.90. The fourth-order valence-corrected chi connectivity index (χ4v) is 2.45. The van der Waals surface area contributed by atoms with Gasteiger partial charge in [-0.15, -0.1) is 0 Å². The Balaban J connectivity index is 1.95. The van der Waals surface area contributed by atoms with Crippen LogP contribution in [0.3, 0.4) is 0 Å². The second-order valence-corrected chi connectivity index (χ2v) is 5.07. The normalized spacial score (nSPS) is 22.2. The maximum Gasteiger partial charge on any atom is 0.416 e. The van der Waals surface area contributed by atoms with Gasteiger partial charge in [-0.1, -0.05) is 12.1 Å². The molecule has 5 heteroatoms. The third-order valence-corrected chi connectivity index (χ3v) is 3.61. The Morgan fingerprint density at radius 2 is 1.95 bits per heavy atom. The third-order valence-electron chi connectivity index (χ3n) is 3.61. The number of benzene rings is 1. The Morgan fingerprint density at radius 3 is 2.47 bits per heavy atom. The van der Waals surface area contributed by atoms with Gasteiger partial charge in [0, 0.05) is 6.54 Å². The minimum absolute atomic E-state index is 0.191. The molecule has 0 spiro atoms. The van der Waals surface area contributed by atoms with E-state index < -0.39 is 17.8 Å². The van der Waals surface area contributed by atoms with E-state index in [1.165, 1.54) is 12.1 Å². The molecule has 1 aliphatic heterocycles. The van der Waals surface area contributed by atoms with Crippen LogP contribution in [0.15, 0.2) is 24.3 Å². The van der Waals surface area contributed by atoms with Crippen molar-refractivity contribution in [3.05, 3.63) is 35.4 Å². The first kappa shape index (κ1) is 14.3. The highest BCUT2D eigenvalue weighted by Gasteiger charge is 2.30. The van der Waals surface area contributed by atoms with E-state index in [1.54, 1.807) is 0 Å². The van der Waals surface area contributed by atoms with Gasteiger partial charge in [0.1, 0.15) is 0 Å². The molecule has 0 radical (unpaired) electrons. The van der Waals surface area contributed by atoms with Crippen molar-refractivity contribution in [3.8, 4) is 0 Å². The van der Waals surface area contributed by atoms with Crippen LogP contribution in [-0.4, -0.2) is 24.3 Å². The number of hydrogen-bond donors (Lipinski definition) is 2. The van der Waals surface area contributed by atoms with Crippen molar-refractivity contribution in [1.29, 1.82) is 0 Å². The van der Waals surface area contributed by atoms with Gasteiger partial charge in [-0.25, -0.2) is 0 Å². The minimum atomic E-state index is -4.30. The van der Waals surface area contributed by atoms with E-state index in [2.05, 4.69) is 5.32 Å². The Morgan fingerprint density at radius 1 is 1.26 bits per heavy atom. The number of halogens is 3. The van der Waals surface area contributed by atoms with Crippen molar-refractivity contribution in [3.63, 3.8) is 0 Å². The van der Waals surface area contributed by atoms with E-state index in [0.29, 0.717) is 6.42 Å². The van der Waals surface area contributed by atoms with Gasteiger partial charge in [0.2, 0.25) is 0 Å². The predicted molar refractivity (Wildman–Crippen MR) is 66.7 cm³/mol. The highest BCUT2D eigenvalue weighted by Crippen LogP contribution is 2.29. The smallest absolute Gasteiger partial charge is 0.392 e. The molecule has 0 aliphatic carbocycles. The molecule has 0 aromatic heterocycles. The van der Waals surface area contributed by atoms with Crippen LogP contribution in [0.2, 0.25) is 0 Å². The summed E-state index contributed by atoms with van der Waals surface area (Å²) in [4.78, 5) is 0. The van der Waals surface area contributed by atoms with Gasteiger partial charge in [-0.05, 0) is 49.4 Å². The lowest BCUT2D eigenvalue weighted by molar-refractivity contribution is -0.137. The number of rotatable bonds is 3. The van der Waals surface area contributed by atoms with Gasteiger partial charge >= 0.3 is 6.18 Å². The largest absolute Gasteiger partial charge is 0.416 e. The van der Waals surface area contributed by atoms with Gasteiger partial charge in [-0.3, -0.25) is 0 Å². The van der Waals surface area contributed by atoms with E-state index in [0.717, 1.165) is 43.6 Å². The molecule has 2 N–H and O–H groups in total. The Bertz CT molecular complexity index is 396. The first-order valence-electron chi connectivity index (χ1n) is 6.52. The van der Waals surface area contributed by atoms with Crippen LogP contribution >= 0.6 is 0 Å². The fourth-order valence-electron chi connectivity index (χ4n) is 2.45. The van der Waals surface area contributed by atoms with Crippen molar-refractivity contribution in [2.75, 3.05) is 13.1 Å². The van der Waals surface area contributed by atoms with E-state index in [1.807, 2.05) is 0 Å². The standard InChI is InChI=1S/C14H18F3NO/c15-14(16,17)12-5-3-10(4-6-12)8-13(19)11-2-1-7-18-9-11/h3-6,11,13,18-19H,1-2,7-9H2. The molecular formula is C14H18F3NO. The van der Waals surface area contributed by atoms with Crippen molar-refractivity contribution in [1.82, 2.24) is 5.32 Å². The summed E-state index contributed by atoms with van der Waals surface area (Å²) in [5, 5.41) is 13.3.